The van der Waals surface area contributed by atoms with E-state index in [1.54, 1.807) is 6.08 Å². The van der Waals surface area contributed by atoms with Crippen molar-refractivity contribution in [3.63, 3.8) is 0 Å². The van der Waals surface area contributed by atoms with Gasteiger partial charge in [-0.1, -0.05) is 263 Å². The number of aliphatic hydroxyl groups excluding tert-OH is 2. The maximum Gasteiger partial charge on any atom is 0.305 e. The second-order valence-corrected chi connectivity index (χ2v) is 19.6. The number of unbranched alkanes of at least 4 members (excludes halogenated alkanes) is 40. The molecule has 6 nitrogen and oxygen atoms in total. The zero-order valence-corrected chi connectivity index (χ0v) is 43.0. The lowest BCUT2D eigenvalue weighted by atomic mass is 10.0. The van der Waals surface area contributed by atoms with Crippen molar-refractivity contribution in [2.24, 2.45) is 0 Å². The topological polar surface area (TPSA) is 95.9 Å². The van der Waals surface area contributed by atoms with E-state index < -0.39 is 12.1 Å². The SMILES string of the molecule is CCCCCCCC/C=C\CCCCCCCCCC(=O)OCCCCCCCCCCCCC(=O)NC(CO)C(O)/C=C/CCCCCCCCCCCCCCCCCCCC. The molecule has 6 heteroatoms. The van der Waals surface area contributed by atoms with Gasteiger partial charge >= 0.3 is 5.97 Å². The molecule has 0 aliphatic heterocycles. The molecule has 0 fully saturated rings. The number of ether oxygens (including phenoxy) is 1. The normalized spacial score (nSPS) is 12.8. The molecular weight excluding hydrogens is 791 g/mol. The van der Waals surface area contributed by atoms with Crippen molar-refractivity contribution in [1.82, 2.24) is 5.32 Å². The highest BCUT2D eigenvalue weighted by Crippen LogP contribution is 2.17. The third-order valence-corrected chi connectivity index (χ3v) is 13.2. The van der Waals surface area contributed by atoms with Gasteiger partial charge in [0, 0.05) is 12.8 Å². The highest BCUT2D eigenvalue weighted by atomic mass is 16.5. The Morgan fingerprint density at radius 1 is 0.422 bits per heavy atom. The quantitative estimate of drug-likeness (QED) is 0.0321. The first-order valence-electron chi connectivity index (χ1n) is 28.6. The summed E-state index contributed by atoms with van der Waals surface area (Å²) in [6.07, 6.45) is 64.7. The molecule has 2 unspecified atom stereocenters. The van der Waals surface area contributed by atoms with E-state index >= 15 is 0 Å². The molecule has 0 saturated carbocycles. The highest BCUT2D eigenvalue weighted by molar-refractivity contribution is 5.76. The maximum atomic E-state index is 12.5. The summed E-state index contributed by atoms with van der Waals surface area (Å²) in [6.45, 7) is 4.86. The molecule has 0 aliphatic carbocycles. The molecule has 0 spiro atoms. The Labute approximate surface area is 399 Å². The smallest absolute Gasteiger partial charge is 0.305 e. The molecule has 0 aromatic heterocycles. The van der Waals surface area contributed by atoms with Gasteiger partial charge < -0.3 is 20.3 Å². The van der Waals surface area contributed by atoms with Crippen molar-refractivity contribution in [2.45, 2.75) is 321 Å². The number of rotatable bonds is 53. The predicted molar refractivity (Wildman–Crippen MR) is 278 cm³/mol. The third kappa shape index (κ3) is 49.8. The number of aliphatic hydroxyl groups is 2. The Kier molecular flexibility index (Phi) is 52.6. The molecular formula is C58H111NO5. The summed E-state index contributed by atoms with van der Waals surface area (Å²) in [7, 11) is 0. The summed E-state index contributed by atoms with van der Waals surface area (Å²) in [5.41, 5.74) is 0. The van der Waals surface area contributed by atoms with Crippen molar-refractivity contribution in [2.75, 3.05) is 13.2 Å². The van der Waals surface area contributed by atoms with Crippen LogP contribution >= 0.6 is 0 Å². The lowest BCUT2D eigenvalue weighted by Gasteiger charge is -2.20. The second kappa shape index (κ2) is 54.0. The van der Waals surface area contributed by atoms with Crippen LogP contribution in [0.3, 0.4) is 0 Å². The number of hydrogen-bond acceptors (Lipinski definition) is 5. The van der Waals surface area contributed by atoms with Gasteiger partial charge in [0.25, 0.3) is 0 Å². The van der Waals surface area contributed by atoms with E-state index in [0.717, 1.165) is 57.8 Å². The Balaban J connectivity index is 3.50. The molecule has 378 valence electrons. The molecule has 1 amide bonds. The number of hydrogen-bond donors (Lipinski definition) is 3. The van der Waals surface area contributed by atoms with Crippen molar-refractivity contribution >= 4 is 11.9 Å². The largest absolute Gasteiger partial charge is 0.466 e. The Hall–Kier alpha value is -1.66. The van der Waals surface area contributed by atoms with Crippen LogP contribution < -0.4 is 5.32 Å². The molecule has 2 atom stereocenters. The van der Waals surface area contributed by atoms with Crippen LogP contribution in [0.25, 0.3) is 0 Å². The minimum Gasteiger partial charge on any atom is -0.466 e. The zero-order valence-electron chi connectivity index (χ0n) is 43.0. The van der Waals surface area contributed by atoms with E-state index in [4.69, 9.17) is 4.74 Å². The van der Waals surface area contributed by atoms with Crippen LogP contribution in [-0.4, -0.2) is 47.4 Å². The van der Waals surface area contributed by atoms with Gasteiger partial charge in [-0.25, -0.2) is 0 Å². The monoisotopic (exact) mass is 902 g/mol. The van der Waals surface area contributed by atoms with E-state index in [0.29, 0.717) is 19.4 Å². The van der Waals surface area contributed by atoms with Crippen molar-refractivity contribution in [3.05, 3.63) is 24.3 Å². The number of carbonyl (C=O) groups excluding carboxylic acids is 2. The number of allylic oxidation sites excluding steroid dienone is 3. The van der Waals surface area contributed by atoms with Crippen molar-refractivity contribution in [3.8, 4) is 0 Å². The molecule has 0 aromatic rings. The fraction of sp³-hybridized carbons (Fsp3) is 0.897. The molecule has 0 saturated heterocycles. The van der Waals surface area contributed by atoms with Crippen LogP contribution in [0, 0.1) is 0 Å². The molecule has 0 rings (SSSR count). The predicted octanol–water partition coefficient (Wildman–Crippen LogP) is 17.5. The Bertz CT molecular complexity index is 997. The van der Waals surface area contributed by atoms with Gasteiger partial charge in [0.15, 0.2) is 0 Å². The van der Waals surface area contributed by atoms with Crippen LogP contribution in [-0.2, 0) is 14.3 Å². The van der Waals surface area contributed by atoms with Gasteiger partial charge in [-0.3, -0.25) is 9.59 Å². The summed E-state index contributed by atoms with van der Waals surface area (Å²) in [5, 5.41) is 23.1. The van der Waals surface area contributed by atoms with Crippen molar-refractivity contribution in [1.29, 1.82) is 0 Å². The molecule has 0 aliphatic rings. The Morgan fingerprint density at radius 3 is 1.11 bits per heavy atom. The summed E-state index contributed by atoms with van der Waals surface area (Å²) in [4.78, 5) is 24.5. The molecule has 3 N–H and O–H groups in total. The second-order valence-electron chi connectivity index (χ2n) is 19.6. The number of nitrogens with one attached hydrogen (secondary N) is 1. The van der Waals surface area contributed by atoms with Gasteiger partial charge in [-0.2, -0.15) is 0 Å². The number of carbonyl (C=O) groups is 2. The lowest BCUT2D eigenvalue weighted by molar-refractivity contribution is -0.143. The van der Waals surface area contributed by atoms with E-state index in [-0.39, 0.29) is 18.5 Å². The van der Waals surface area contributed by atoms with Gasteiger partial charge in [0.1, 0.15) is 0 Å². The summed E-state index contributed by atoms with van der Waals surface area (Å²) in [5.74, 6) is -0.112. The summed E-state index contributed by atoms with van der Waals surface area (Å²) in [6, 6.07) is -0.645. The molecule has 0 bridgehead atoms. The minimum atomic E-state index is -0.860. The van der Waals surface area contributed by atoms with Crippen LogP contribution in [0.1, 0.15) is 309 Å². The number of amides is 1. The van der Waals surface area contributed by atoms with Crippen molar-refractivity contribution < 1.29 is 24.5 Å². The van der Waals surface area contributed by atoms with E-state index in [1.807, 2.05) is 6.08 Å². The fourth-order valence-electron chi connectivity index (χ4n) is 8.81. The summed E-state index contributed by atoms with van der Waals surface area (Å²) >= 11 is 0. The first-order chi connectivity index (χ1) is 31.5. The standard InChI is InChI=1S/C58H111NO5/c1-3-5-7-9-11-13-15-17-19-21-22-23-25-26-28-30-34-38-42-46-50-56(61)55(54-60)59-57(62)51-47-43-39-35-32-33-37-41-45-49-53-64-58(63)52-48-44-40-36-31-29-27-24-20-18-16-14-12-10-8-6-4-2/h18,20,46,50,55-56,60-61H,3-17,19,21-45,47-49,51-54H2,1-2H3,(H,59,62)/b20-18-,50-46+. The lowest BCUT2D eigenvalue weighted by Crippen LogP contribution is -2.45. The average Bonchev–Trinajstić information content (AvgIpc) is 3.29. The summed E-state index contributed by atoms with van der Waals surface area (Å²) < 4.78 is 5.47. The van der Waals surface area contributed by atoms with E-state index in [2.05, 4.69) is 31.3 Å². The van der Waals surface area contributed by atoms with E-state index in [1.165, 1.54) is 225 Å². The van der Waals surface area contributed by atoms with Crippen LogP contribution in [0.5, 0.6) is 0 Å². The molecule has 0 heterocycles. The zero-order chi connectivity index (χ0) is 46.5. The third-order valence-electron chi connectivity index (χ3n) is 13.2. The molecule has 0 aromatic carbocycles. The molecule has 0 radical (unpaired) electrons. The first-order valence-corrected chi connectivity index (χ1v) is 28.6. The van der Waals surface area contributed by atoms with Gasteiger partial charge in [0.2, 0.25) is 5.91 Å². The minimum absolute atomic E-state index is 0.0236. The Morgan fingerprint density at radius 2 is 0.734 bits per heavy atom. The molecule has 64 heavy (non-hydrogen) atoms. The van der Waals surface area contributed by atoms with Gasteiger partial charge in [-0.05, 0) is 57.8 Å². The van der Waals surface area contributed by atoms with Crippen LogP contribution in [0.4, 0.5) is 0 Å². The van der Waals surface area contributed by atoms with E-state index in [9.17, 15) is 19.8 Å². The number of esters is 1. The van der Waals surface area contributed by atoms with Gasteiger partial charge in [0.05, 0.1) is 25.4 Å². The average molecular weight is 903 g/mol. The fourth-order valence-corrected chi connectivity index (χ4v) is 8.81. The highest BCUT2D eigenvalue weighted by Gasteiger charge is 2.18. The maximum absolute atomic E-state index is 12.5. The van der Waals surface area contributed by atoms with Gasteiger partial charge in [-0.15, -0.1) is 0 Å². The van der Waals surface area contributed by atoms with Crippen LogP contribution in [0.2, 0.25) is 0 Å². The van der Waals surface area contributed by atoms with Crippen LogP contribution in [0.15, 0.2) is 24.3 Å². The first kappa shape index (κ1) is 62.3.